The molecule has 0 atom stereocenters. The summed E-state index contributed by atoms with van der Waals surface area (Å²) in [4.78, 5) is 13.1. The highest BCUT2D eigenvalue weighted by Gasteiger charge is 2.26. The number of ether oxygens (including phenoxy) is 1. The first kappa shape index (κ1) is 15.8. The first-order valence-corrected chi connectivity index (χ1v) is 9.69. The third-order valence-electron chi connectivity index (χ3n) is 4.12. The Hall–Kier alpha value is -2.68. The quantitative estimate of drug-likeness (QED) is 0.746. The zero-order chi connectivity index (χ0) is 17.6. The molecule has 1 fully saturated rings. The fraction of sp³-hybridized carbons (Fsp3) is 0.312. The summed E-state index contributed by atoms with van der Waals surface area (Å²) in [5.74, 6) is 0.841. The van der Waals surface area contributed by atoms with Crippen molar-refractivity contribution >= 4 is 32.5 Å². The molecule has 1 aliphatic rings. The zero-order valence-electron chi connectivity index (χ0n) is 13.8. The minimum atomic E-state index is -3.42. The van der Waals surface area contributed by atoms with Gasteiger partial charge in [0.05, 0.1) is 13.4 Å². The van der Waals surface area contributed by atoms with Crippen LogP contribution in [0.15, 0.2) is 35.7 Å². The summed E-state index contributed by atoms with van der Waals surface area (Å²) >= 11 is 0. The topological polar surface area (TPSA) is 99.0 Å². The molecule has 1 aromatic carbocycles. The van der Waals surface area contributed by atoms with Gasteiger partial charge < -0.3 is 14.6 Å². The molecule has 0 unspecified atom stereocenters. The number of hydrogen-bond acceptors (Lipinski definition) is 7. The van der Waals surface area contributed by atoms with Crippen LogP contribution in [0.4, 0.5) is 11.5 Å². The number of hydrogen-bond donors (Lipinski definition) is 1. The van der Waals surface area contributed by atoms with Gasteiger partial charge in [0.15, 0.2) is 26.8 Å². The summed E-state index contributed by atoms with van der Waals surface area (Å²) in [5.41, 5.74) is 2.02. The molecule has 0 saturated heterocycles. The lowest BCUT2D eigenvalue weighted by Gasteiger charge is -2.11. The van der Waals surface area contributed by atoms with Gasteiger partial charge >= 0.3 is 0 Å². The van der Waals surface area contributed by atoms with Gasteiger partial charge in [-0.25, -0.2) is 23.4 Å². The van der Waals surface area contributed by atoms with Crippen LogP contribution in [0, 0.1) is 0 Å². The monoisotopic (exact) mass is 359 g/mol. The molecule has 8 nitrogen and oxygen atoms in total. The van der Waals surface area contributed by atoms with Crippen molar-refractivity contribution in [3.63, 3.8) is 0 Å². The molecule has 0 amide bonds. The van der Waals surface area contributed by atoms with E-state index in [1.807, 2.05) is 0 Å². The van der Waals surface area contributed by atoms with Crippen molar-refractivity contribution in [1.29, 1.82) is 0 Å². The Morgan fingerprint density at radius 1 is 1.24 bits per heavy atom. The number of anilines is 2. The molecule has 0 bridgehead atoms. The molecule has 4 rings (SSSR count). The fourth-order valence-electron chi connectivity index (χ4n) is 2.74. The molecule has 9 heteroatoms. The van der Waals surface area contributed by atoms with E-state index in [9.17, 15) is 8.42 Å². The van der Waals surface area contributed by atoms with Crippen molar-refractivity contribution in [3.8, 4) is 5.75 Å². The van der Waals surface area contributed by atoms with E-state index in [1.165, 1.54) is 19.5 Å². The normalized spacial score (nSPS) is 14.6. The highest BCUT2D eigenvalue weighted by Crippen LogP contribution is 2.37. The maximum absolute atomic E-state index is 12.0. The highest BCUT2D eigenvalue weighted by molar-refractivity contribution is 7.90. The van der Waals surface area contributed by atoms with E-state index in [2.05, 4.69) is 24.8 Å². The van der Waals surface area contributed by atoms with Crippen LogP contribution < -0.4 is 10.1 Å². The minimum Gasteiger partial charge on any atom is -0.495 e. The summed E-state index contributed by atoms with van der Waals surface area (Å²) in [6, 6.07) is 5.34. The van der Waals surface area contributed by atoms with Crippen molar-refractivity contribution in [2.24, 2.45) is 0 Å². The van der Waals surface area contributed by atoms with Gasteiger partial charge in [-0.15, -0.1) is 0 Å². The predicted octanol–water partition coefficient (Wildman–Crippen LogP) is 2.32. The highest BCUT2D eigenvalue weighted by atomic mass is 32.2. The van der Waals surface area contributed by atoms with Gasteiger partial charge in [-0.2, -0.15) is 0 Å². The summed E-state index contributed by atoms with van der Waals surface area (Å²) < 4.78 is 31.1. The Morgan fingerprint density at radius 3 is 2.72 bits per heavy atom. The summed E-state index contributed by atoms with van der Waals surface area (Å²) in [6.45, 7) is 0. The Kier molecular flexibility index (Phi) is 3.60. The van der Waals surface area contributed by atoms with Gasteiger partial charge in [-0.05, 0) is 31.0 Å². The number of fused-ring (bicyclic) bond motifs is 1. The number of nitrogens with zero attached hydrogens (tertiary/aromatic N) is 4. The molecular formula is C16H17N5O3S. The van der Waals surface area contributed by atoms with E-state index in [-0.39, 0.29) is 4.90 Å². The van der Waals surface area contributed by atoms with Crippen LogP contribution in [-0.4, -0.2) is 41.3 Å². The van der Waals surface area contributed by atoms with Gasteiger partial charge in [-0.3, -0.25) is 0 Å². The average molecular weight is 359 g/mol. The summed E-state index contributed by atoms with van der Waals surface area (Å²) in [5, 5.41) is 3.14. The minimum absolute atomic E-state index is 0.119. The van der Waals surface area contributed by atoms with Crippen LogP contribution in [0.2, 0.25) is 0 Å². The van der Waals surface area contributed by atoms with Crippen molar-refractivity contribution in [3.05, 3.63) is 30.9 Å². The molecule has 130 valence electrons. The molecule has 1 N–H and O–H groups in total. The van der Waals surface area contributed by atoms with Gasteiger partial charge in [0.25, 0.3) is 0 Å². The first-order chi connectivity index (χ1) is 12.0. The molecule has 0 spiro atoms. The summed E-state index contributed by atoms with van der Waals surface area (Å²) in [6.07, 6.45) is 6.67. The van der Waals surface area contributed by atoms with E-state index in [4.69, 9.17) is 4.74 Å². The van der Waals surface area contributed by atoms with E-state index in [1.54, 1.807) is 18.5 Å². The molecule has 25 heavy (non-hydrogen) atoms. The Labute approximate surface area is 144 Å². The third-order valence-corrected chi connectivity index (χ3v) is 5.24. The van der Waals surface area contributed by atoms with Gasteiger partial charge in [-0.1, -0.05) is 0 Å². The molecule has 0 aliphatic heterocycles. The van der Waals surface area contributed by atoms with Crippen molar-refractivity contribution in [1.82, 2.24) is 19.5 Å². The number of imidazole rings is 1. The number of aromatic nitrogens is 4. The van der Waals surface area contributed by atoms with Crippen LogP contribution >= 0.6 is 0 Å². The standard InChI is InChI=1S/C16H17N5O3S/c1-24-12-6-3-10(7-13(12)25(2,22)23)20-15-14-16(18-8-17-15)21(9-19-14)11-4-5-11/h3,6-9,11H,4-5H2,1-2H3,(H,17,18,20). The number of nitrogens with one attached hydrogen (secondary N) is 1. The molecule has 2 heterocycles. The average Bonchev–Trinajstić information content (AvgIpc) is 3.33. The Bertz CT molecular complexity index is 1060. The number of methoxy groups -OCH3 is 1. The van der Waals surface area contributed by atoms with Crippen molar-refractivity contribution in [2.75, 3.05) is 18.7 Å². The van der Waals surface area contributed by atoms with E-state index in [0.717, 1.165) is 24.7 Å². The van der Waals surface area contributed by atoms with Crippen LogP contribution in [0.5, 0.6) is 5.75 Å². The number of benzene rings is 1. The fourth-order valence-corrected chi connectivity index (χ4v) is 3.60. The van der Waals surface area contributed by atoms with Crippen molar-refractivity contribution < 1.29 is 13.2 Å². The second-order valence-corrected chi connectivity index (χ2v) is 8.02. The second kappa shape index (κ2) is 5.69. The maximum Gasteiger partial charge on any atom is 0.179 e. The SMILES string of the molecule is COc1ccc(Nc2ncnc3c2ncn3C2CC2)cc1S(C)(=O)=O. The van der Waals surface area contributed by atoms with E-state index >= 15 is 0 Å². The molecule has 2 aromatic heterocycles. The lowest BCUT2D eigenvalue weighted by molar-refractivity contribution is 0.403. The lowest BCUT2D eigenvalue weighted by Crippen LogP contribution is -2.03. The molecule has 0 radical (unpaired) electrons. The molecule has 1 saturated carbocycles. The largest absolute Gasteiger partial charge is 0.495 e. The van der Waals surface area contributed by atoms with Crippen LogP contribution in [0.3, 0.4) is 0 Å². The Balaban J connectivity index is 1.74. The number of sulfone groups is 1. The van der Waals surface area contributed by atoms with E-state index < -0.39 is 9.84 Å². The van der Waals surface area contributed by atoms with Crippen LogP contribution in [-0.2, 0) is 9.84 Å². The smallest absolute Gasteiger partial charge is 0.179 e. The van der Waals surface area contributed by atoms with E-state index in [0.29, 0.717) is 28.8 Å². The summed E-state index contributed by atoms with van der Waals surface area (Å²) in [7, 11) is -1.98. The zero-order valence-corrected chi connectivity index (χ0v) is 14.6. The predicted molar refractivity (Wildman–Crippen MR) is 93.0 cm³/mol. The van der Waals surface area contributed by atoms with Crippen molar-refractivity contribution in [2.45, 2.75) is 23.8 Å². The molecular weight excluding hydrogens is 342 g/mol. The first-order valence-electron chi connectivity index (χ1n) is 7.80. The van der Waals surface area contributed by atoms with Crippen LogP contribution in [0.1, 0.15) is 18.9 Å². The maximum atomic E-state index is 12.0. The van der Waals surface area contributed by atoms with Gasteiger partial charge in [0.2, 0.25) is 0 Å². The number of rotatable bonds is 5. The molecule has 1 aliphatic carbocycles. The third kappa shape index (κ3) is 2.91. The van der Waals surface area contributed by atoms with Gasteiger partial charge in [0, 0.05) is 18.0 Å². The molecule has 3 aromatic rings. The second-order valence-electron chi connectivity index (χ2n) is 6.04. The Morgan fingerprint density at radius 2 is 2.04 bits per heavy atom. The van der Waals surface area contributed by atoms with Crippen LogP contribution in [0.25, 0.3) is 11.2 Å². The lowest BCUT2D eigenvalue weighted by atomic mass is 10.3. The van der Waals surface area contributed by atoms with Gasteiger partial charge in [0.1, 0.15) is 17.0 Å².